The summed E-state index contributed by atoms with van der Waals surface area (Å²) in [5.41, 5.74) is 1.65. The van der Waals surface area contributed by atoms with Crippen molar-refractivity contribution in [2.75, 3.05) is 7.11 Å². The summed E-state index contributed by atoms with van der Waals surface area (Å²) in [6.45, 7) is 5.81. The van der Waals surface area contributed by atoms with Crippen LogP contribution in [0, 0.1) is 6.92 Å². The monoisotopic (exact) mass is 222 g/mol. The SMILES string of the molecule is COc1cc(C(C)(C)CC(=O)O)ccc1C. The summed E-state index contributed by atoms with van der Waals surface area (Å²) in [7, 11) is 1.62. The van der Waals surface area contributed by atoms with E-state index < -0.39 is 5.97 Å². The highest BCUT2D eigenvalue weighted by Gasteiger charge is 2.24. The van der Waals surface area contributed by atoms with Crippen LogP contribution in [0.15, 0.2) is 18.2 Å². The fourth-order valence-corrected chi connectivity index (χ4v) is 1.72. The maximum absolute atomic E-state index is 10.8. The molecule has 0 aliphatic heterocycles. The van der Waals surface area contributed by atoms with E-state index in [1.54, 1.807) is 7.11 Å². The molecular weight excluding hydrogens is 204 g/mol. The zero-order valence-electron chi connectivity index (χ0n) is 10.2. The van der Waals surface area contributed by atoms with E-state index in [0.29, 0.717) is 0 Å². The Bertz CT molecular complexity index is 394. The number of carboxylic acids is 1. The lowest BCUT2D eigenvalue weighted by molar-refractivity contribution is -0.138. The number of benzene rings is 1. The molecule has 16 heavy (non-hydrogen) atoms. The van der Waals surface area contributed by atoms with Gasteiger partial charge in [0.2, 0.25) is 0 Å². The molecule has 3 nitrogen and oxygen atoms in total. The van der Waals surface area contributed by atoms with Crippen molar-refractivity contribution < 1.29 is 14.6 Å². The zero-order valence-corrected chi connectivity index (χ0v) is 10.2. The molecule has 0 fully saturated rings. The van der Waals surface area contributed by atoms with Gasteiger partial charge in [-0.15, -0.1) is 0 Å². The Labute approximate surface area is 96.1 Å². The van der Waals surface area contributed by atoms with E-state index in [2.05, 4.69) is 0 Å². The molecule has 0 amide bonds. The second kappa shape index (κ2) is 4.56. The third-order valence-electron chi connectivity index (χ3n) is 2.78. The lowest BCUT2D eigenvalue weighted by atomic mass is 9.81. The average molecular weight is 222 g/mol. The van der Waals surface area contributed by atoms with Crippen molar-refractivity contribution in [2.24, 2.45) is 0 Å². The van der Waals surface area contributed by atoms with Crippen LogP contribution in [0.2, 0.25) is 0 Å². The maximum Gasteiger partial charge on any atom is 0.304 e. The Morgan fingerprint density at radius 3 is 2.56 bits per heavy atom. The lowest BCUT2D eigenvalue weighted by Crippen LogP contribution is -2.21. The van der Waals surface area contributed by atoms with Crippen LogP contribution in [0.1, 0.15) is 31.4 Å². The van der Waals surface area contributed by atoms with E-state index in [1.165, 1.54) is 0 Å². The number of hydrogen-bond acceptors (Lipinski definition) is 2. The Hall–Kier alpha value is -1.51. The summed E-state index contributed by atoms with van der Waals surface area (Å²) >= 11 is 0. The summed E-state index contributed by atoms with van der Waals surface area (Å²) in [4.78, 5) is 10.8. The van der Waals surface area contributed by atoms with Gasteiger partial charge >= 0.3 is 5.97 Å². The number of carboxylic acid groups (broad SMARTS) is 1. The Kier molecular flexibility index (Phi) is 3.58. The van der Waals surface area contributed by atoms with Crippen LogP contribution >= 0.6 is 0 Å². The summed E-state index contributed by atoms with van der Waals surface area (Å²) in [5.74, 6) is 0.0144. The standard InChI is InChI=1S/C13H18O3/c1-9-5-6-10(7-11(9)16-4)13(2,3)8-12(14)15/h5-7H,8H2,1-4H3,(H,14,15). The molecule has 1 N–H and O–H groups in total. The third kappa shape index (κ3) is 2.75. The van der Waals surface area contributed by atoms with Gasteiger partial charge in [-0.1, -0.05) is 26.0 Å². The highest BCUT2D eigenvalue weighted by molar-refractivity contribution is 5.69. The molecule has 0 aromatic heterocycles. The molecule has 0 aliphatic carbocycles. The highest BCUT2D eigenvalue weighted by Crippen LogP contribution is 2.31. The normalized spacial score (nSPS) is 11.2. The molecule has 0 heterocycles. The van der Waals surface area contributed by atoms with E-state index in [0.717, 1.165) is 16.9 Å². The molecule has 1 aromatic rings. The molecule has 0 radical (unpaired) electrons. The van der Waals surface area contributed by atoms with Crippen molar-refractivity contribution in [2.45, 2.75) is 32.6 Å². The Balaban J connectivity index is 3.08. The van der Waals surface area contributed by atoms with Gasteiger partial charge in [-0.3, -0.25) is 4.79 Å². The quantitative estimate of drug-likeness (QED) is 0.852. The van der Waals surface area contributed by atoms with Gasteiger partial charge in [-0.25, -0.2) is 0 Å². The number of aryl methyl sites for hydroxylation is 1. The predicted molar refractivity (Wildman–Crippen MR) is 63.0 cm³/mol. The molecule has 0 saturated heterocycles. The topological polar surface area (TPSA) is 46.5 Å². The van der Waals surface area contributed by atoms with Crippen LogP contribution in [-0.4, -0.2) is 18.2 Å². The highest BCUT2D eigenvalue weighted by atomic mass is 16.5. The van der Waals surface area contributed by atoms with Crippen LogP contribution in [0.25, 0.3) is 0 Å². The molecule has 0 atom stereocenters. The minimum absolute atomic E-state index is 0.110. The van der Waals surface area contributed by atoms with Crippen molar-refractivity contribution in [1.29, 1.82) is 0 Å². The van der Waals surface area contributed by atoms with E-state index >= 15 is 0 Å². The molecule has 1 rings (SSSR count). The molecular formula is C13H18O3. The summed E-state index contributed by atoms with van der Waals surface area (Å²) < 4.78 is 5.24. The minimum Gasteiger partial charge on any atom is -0.496 e. The van der Waals surface area contributed by atoms with Gasteiger partial charge < -0.3 is 9.84 Å². The van der Waals surface area contributed by atoms with E-state index in [-0.39, 0.29) is 11.8 Å². The molecule has 3 heteroatoms. The Morgan fingerprint density at radius 2 is 2.06 bits per heavy atom. The minimum atomic E-state index is -0.787. The van der Waals surface area contributed by atoms with Gasteiger partial charge in [-0.2, -0.15) is 0 Å². The first-order valence-electron chi connectivity index (χ1n) is 5.24. The largest absolute Gasteiger partial charge is 0.496 e. The van der Waals surface area contributed by atoms with Crippen molar-refractivity contribution in [3.05, 3.63) is 29.3 Å². The smallest absolute Gasteiger partial charge is 0.304 e. The van der Waals surface area contributed by atoms with E-state index in [1.807, 2.05) is 39.0 Å². The number of ether oxygens (including phenoxy) is 1. The van der Waals surface area contributed by atoms with E-state index in [9.17, 15) is 4.79 Å². The number of carbonyl (C=O) groups is 1. The third-order valence-corrected chi connectivity index (χ3v) is 2.78. The number of hydrogen-bond donors (Lipinski definition) is 1. The maximum atomic E-state index is 10.8. The molecule has 0 spiro atoms. The summed E-state index contributed by atoms with van der Waals surface area (Å²) in [6, 6.07) is 5.83. The van der Waals surface area contributed by atoms with Gasteiger partial charge in [-0.05, 0) is 24.1 Å². The van der Waals surface area contributed by atoms with Gasteiger partial charge in [0.25, 0.3) is 0 Å². The summed E-state index contributed by atoms with van der Waals surface area (Å²) in [5, 5.41) is 8.86. The van der Waals surface area contributed by atoms with Crippen LogP contribution in [0.4, 0.5) is 0 Å². The first-order chi connectivity index (χ1) is 7.36. The second-order valence-electron chi connectivity index (χ2n) is 4.64. The second-order valence-corrected chi connectivity index (χ2v) is 4.64. The van der Waals surface area contributed by atoms with E-state index in [4.69, 9.17) is 9.84 Å². The molecule has 0 unspecified atom stereocenters. The molecule has 1 aromatic carbocycles. The van der Waals surface area contributed by atoms with Crippen LogP contribution < -0.4 is 4.74 Å². The first kappa shape index (κ1) is 12.6. The fraction of sp³-hybridized carbons (Fsp3) is 0.462. The van der Waals surface area contributed by atoms with Crippen LogP contribution in [0.5, 0.6) is 5.75 Å². The van der Waals surface area contributed by atoms with Crippen molar-refractivity contribution >= 4 is 5.97 Å². The van der Waals surface area contributed by atoms with Crippen LogP contribution in [-0.2, 0) is 10.2 Å². The first-order valence-corrected chi connectivity index (χ1v) is 5.24. The molecule has 0 bridgehead atoms. The zero-order chi connectivity index (χ0) is 12.3. The lowest BCUT2D eigenvalue weighted by Gasteiger charge is -2.24. The van der Waals surface area contributed by atoms with Gasteiger partial charge in [0.05, 0.1) is 13.5 Å². The molecule has 88 valence electrons. The Morgan fingerprint density at radius 1 is 1.44 bits per heavy atom. The van der Waals surface area contributed by atoms with Crippen molar-refractivity contribution in [1.82, 2.24) is 0 Å². The fourth-order valence-electron chi connectivity index (χ4n) is 1.72. The number of rotatable bonds is 4. The van der Waals surface area contributed by atoms with Crippen molar-refractivity contribution in [3.63, 3.8) is 0 Å². The average Bonchev–Trinajstić information content (AvgIpc) is 2.16. The summed E-state index contributed by atoms with van der Waals surface area (Å²) in [6.07, 6.45) is 0.110. The molecule has 0 aliphatic rings. The van der Waals surface area contributed by atoms with Crippen molar-refractivity contribution in [3.8, 4) is 5.75 Å². The predicted octanol–water partition coefficient (Wildman–Crippen LogP) is 2.76. The van der Waals surface area contributed by atoms with Gasteiger partial charge in [0.1, 0.15) is 5.75 Å². The number of aliphatic carboxylic acids is 1. The van der Waals surface area contributed by atoms with Gasteiger partial charge in [0, 0.05) is 5.41 Å². The molecule has 0 saturated carbocycles. The van der Waals surface area contributed by atoms with Gasteiger partial charge in [0.15, 0.2) is 0 Å². The number of methoxy groups -OCH3 is 1. The van der Waals surface area contributed by atoms with Crippen LogP contribution in [0.3, 0.4) is 0 Å².